The van der Waals surface area contributed by atoms with Crippen molar-refractivity contribution in [1.29, 1.82) is 0 Å². The zero-order valence-electron chi connectivity index (χ0n) is 17.3. The van der Waals surface area contributed by atoms with E-state index in [2.05, 4.69) is 0 Å². The maximum atomic E-state index is 13.6. The van der Waals surface area contributed by atoms with Gasteiger partial charge in [0.25, 0.3) is 11.7 Å². The van der Waals surface area contributed by atoms with Gasteiger partial charge in [-0.15, -0.1) is 0 Å². The third-order valence-corrected chi connectivity index (χ3v) is 5.87. The molecule has 2 aliphatic rings. The van der Waals surface area contributed by atoms with Crippen LogP contribution in [0.1, 0.15) is 28.3 Å². The van der Waals surface area contributed by atoms with Crippen LogP contribution in [0.3, 0.4) is 0 Å². The summed E-state index contributed by atoms with van der Waals surface area (Å²) in [4.78, 5) is 27.7. The van der Waals surface area contributed by atoms with Gasteiger partial charge in [0.05, 0.1) is 18.2 Å². The van der Waals surface area contributed by atoms with Crippen LogP contribution in [-0.2, 0) is 16.0 Å². The van der Waals surface area contributed by atoms with Crippen molar-refractivity contribution in [1.82, 2.24) is 0 Å². The van der Waals surface area contributed by atoms with Gasteiger partial charge in [-0.05, 0) is 66.1 Å². The summed E-state index contributed by atoms with van der Waals surface area (Å²) in [7, 11) is 0. The van der Waals surface area contributed by atoms with E-state index in [9.17, 15) is 19.1 Å². The highest BCUT2D eigenvalue weighted by Gasteiger charge is 2.47. The maximum Gasteiger partial charge on any atom is 0.300 e. The molecule has 3 aromatic carbocycles. The molecule has 160 valence electrons. The van der Waals surface area contributed by atoms with Gasteiger partial charge in [0.15, 0.2) is 0 Å². The molecule has 2 aliphatic heterocycles. The minimum absolute atomic E-state index is 0.0259. The summed E-state index contributed by atoms with van der Waals surface area (Å²) in [6.07, 6.45) is 0.704. The largest absolute Gasteiger partial charge is 0.507 e. The molecule has 0 radical (unpaired) electrons. The fourth-order valence-electron chi connectivity index (χ4n) is 4.33. The maximum absolute atomic E-state index is 13.6. The molecule has 0 bridgehead atoms. The Morgan fingerprint density at radius 2 is 1.84 bits per heavy atom. The van der Waals surface area contributed by atoms with E-state index in [-0.39, 0.29) is 11.3 Å². The number of rotatable bonds is 3. The number of carbonyl (C=O) groups excluding carboxylic acids is 2. The lowest BCUT2D eigenvalue weighted by atomic mass is 9.94. The molecule has 6 heteroatoms. The summed E-state index contributed by atoms with van der Waals surface area (Å²) >= 11 is 0. The number of halogens is 1. The molecule has 2 heterocycles. The van der Waals surface area contributed by atoms with E-state index in [0.717, 1.165) is 16.9 Å². The topological polar surface area (TPSA) is 66.8 Å². The number of aryl methyl sites for hydroxylation is 1. The quantitative estimate of drug-likeness (QED) is 0.373. The second-order valence-corrected chi connectivity index (χ2v) is 7.98. The third kappa shape index (κ3) is 3.24. The van der Waals surface area contributed by atoms with Crippen molar-refractivity contribution in [2.75, 3.05) is 11.5 Å². The van der Waals surface area contributed by atoms with Gasteiger partial charge in [0.1, 0.15) is 17.3 Å². The smallest absolute Gasteiger partial charge is 0.300 e. The monoisotopic (exact) mass is 429 g/mol. The minimum Gasteiger partial charge on any atom is -0.507 e. The molecule has 0 spiro atoms. The number of ketones is 1. The number of fused-ring (bicyclic) bond motifs is 1. The number of carbonyl (C=O) groups is 2. The van der Waals surface area contributed by atoms with Crippen LogP contribution < -0.4 is 9.64 Å². The van der Waals surface area contributed by atoms with Gasteiger partial charge in [-0.3, -0.25) is 14.5 Å². The zero-order chi connectivity index (χ0) is 22.4. The van der Waals surface area contributed by atoms with Crippen LogP contribution in [0.2, 0.25) is 0 Å². The molecule has 0 saturated carbocycles. The zero-order valence-corrected chi connectivity index (χ0v) is 17.3. The molecular weight excluding hydrogens is 409 g/mol. The molecule has 1 unspecified atom stereocenters. The van der Waals surface area contributed by atoms with E-state index in [0.29, 0.717) is 29.8 Å². The Bertz CT molecular complexity index is 1280. The third-order valence-electron chi connectivity index (χ3n) is 5.87. The fraction of sp³-hybridized carbons (Fsp3) is 0.154. The average molecular weight is 429 g/mol. The van der Waals surface area contributed by atoms with Crippen molar-refractivity contribution in [2.24, 2.45) is 0 Å². The standard InChI is InChI=1S/C26H20FNO4/c1-15-3-2-4-20(13-15)28-23(16-5-8-19(27)9-6-16)22(25(30)26(28)31)24(29)18-7-10-21-17(14-18)11-12-32-21/h2-10,13-14,23,29H,11-12H2,1H3/b24-22-. The highest BCUT2D eigenvalue weighted by Crippen LogP contribution is 2.42. The number of hydrogen-bond donors (Lipinski definition) is 1. The summed E-state index contributed by atoms with van der Waals surface area (Å²) in [5.41, 5.74) is 3.31. The Balaban J connectivity index is 1.71. The van der Waals surface area contributed by atoms with Crippen LogP contribution >= 0.6 is 0 Å². The van der Waals surface area contributed by atoms with Crippen molar-refractivity contribution in [2.45, 2.75) is 19.4 Å². The van der Waals surface area contributed by atoms with E-state index in [4.69, 9.17) is 4.74 Å². The molecule has 1 saturated heterocycles. The Kier molecular flexibility index (Phi) is 4.78. The second kappa shape index (κ2) is 7.64. The number of amides is 1. The number of anilines is 1. The first-order chi connectivity index (χ1) is 15.4. The predicted molar refractivity (Wildman–Crippen MR) is 118 cm³/mol. The van der Waals surface area contributed by atoms with E-state index in [1.165, 1.54) is 29.2 Å². The first kappa shape index (κ1) is 20.0. The van der Waals surface area contributed by atoms with E-state index >= 15 is 0 Å². The Hall–Kier alpha value is -3.93. The number of hydrogen-bond acceptors (Lipinski definition) is 4. The molecule has 0 aromatic heterocycles. The first-order valence-electron chi connectivity index (χ1n) is 10.3. The normalized spacial score (nSPS) is 19.2. The van der Waals surface area contributed by atoms with Gasteiger partial charge in [0.2, 0.25) is 0 Å². The molecule has 5 nitrogen and oxygen atoms in total. The molecular formula is C26H20FNO4. The first-order valence-corrected chi connectivity index (χ1v) is 10.3. The van der Waals surface area contributed by atoms with Crippen LogP contribution in [0.4, 0.5) is 10.1 Å². The molecule has 1 amide bonds. The van der Waals surface area contributed by atoms with Gasteiger partial charge in [-0.2, -0.15) is 0 Å². The van der Waals surface area contributed by atoms with Gasteiger partial charge in [0, 0.05) is 17.7 Å². The van der Waals surface area contributed by atoms with Gasteiger partial charge >= 0.3 is 0 Å². The van der Waals surface area contributed by atoms with Crippen molar-refractivity contribution in [3.8, 4) is 5.75 Å². The van der Waals surface area contributed by atoms with Crippen molar-refractivity contribution >= 4 is 23.1 Å². The predicted octanol–water partition coefficient (Wildman–Crippen LogP) is 4.70. The van der Waals surface area contributed by atoms with E-state index in [1.807, 2.05) is 13.0 Å². The Labute approximate surface area is 184 Å². The van der Waals surface area contributed by atoms with Crippen LogP contribution in [0, 0.1) is 12.7 Å². The summed E-state index contributed by atoms with van der Waals surface area (Å²) in [6, 6.07) is 17.1. The minimum atomic E-state index is -0.887. The number of ether oxygens (including phenoxy) is 1. The summed E-state index contributed by atoms with van der Waals surface area (Å²) in [5, 5.41) is 11.2. The molecule has 1 atom stereocenters. The highest BCUT2D eigenvalue weighted by atomic mass is 19.1. The number of aliphatic hydroxyl groups is 1. The van der Waals surface area contributed by atoms with E-state index < -0.39 is 23.5 Å². The lowest BCUT2D eigenvalue weighted by molar-refractivity contribution is -0.132. The van der Waals surface area contributed by atoms with Crippen LogP contribution in [0.15, 0.2) is 72.3 Å². The lowest BCUT2D eigenvalue weighted by Crippen LogP contribution is -2.29. The van der Waals surface area contributed by atoms with Crippen molar-refractivity contribution < 1.29 is 23.8 Å². The van der Waals surface area contributed by atoms with Gasteiger partial charge in [-0.1, -0.05) is 24.3 Å². The highest BCUT2D eigenvalue weighted by molar-refractivity contribution is 6.51. The molecule has 1 fully saturated rings. The Morgan fingerprint density at radius 1 is 1.06 bits per heavy atom. The Morgan fingerprint density at radius 3 is 2.59 bits per heavy atom. The molecule has 32 heavy (non-hydrogen) atoms. The van der Waals surface area contributed by atoms with Crippen LogP contribution in [-0.4, -0.2) is 23.4 Å². The van der Waals surface area contributed by atoms with Gasteiger partial charge < -0.3 is 9.84 Å². The van der Waals surface area contributed by atoms with E-state index in [1.54, 1.807) is 36.4 Å². The molecule has 5 rings (SSSR count). The number of Topliss-reactive ketones (excluding diaryl/α,β-unsaturated/α-hetero) is 1. The lowest BCUT2D eigenvalue weighted by Gasteiger charge is -2.25. The number of nitrogens with zero attached hydrogens (tertiary/aromatic N) is 1. The number of aliphatic hydroxyl groups excluding tert-OH is 1. The van der Waals surface area contributed by atoms with Crippen molar-refractivity contribution in [3.05, 3.63) is 100 Å². The summed E-state index contributed by atoms with van der Waals surface area (Å²) < 4.78 is 19.1. The summed E-state index contributed by atoms with van der Waals surface area (Å²) in [6.45, 7) is 2.45. The fourth-order valence-corrected chi connectivity index (χ4v) is 4.33. The van der Waals surface area contributed by atoms with Crippen molar-refractivity contribution in [3.63, 3.8) is 0 Å². The van der Waals surface area contributed by atoms with Crippen LogP contribution in [0.25, 0.3) is 5.76 Å². The number of benzene rings is 3. The molecule has 3 aromatic rings. The SMILES string of the molecule is Cc1cccc(N2C(=O)C(=O)/C(=C(\O)c3ccc4c(c3)CCO4)C2c2ccc(F)cc2)c1. The van der Waals surface area contributed by atoms with Crippen LogP contribution in [0.5, 0.6) is 5.75 Å². The average Bonchev–Trinajstić information content (AvgIpc) is 3.36. The van der Waals surface area contributed by atoms with Gasteiger partial charge in [-0.25, -0.2) is 4.39 Å². The summed E-state index contributed by atoms with van der Waals surface area (Å²) in [5.74, 6) is -1.47. The molecule has 1 N–H and O–H groups in total. The second-order valence-electron chi connectivity index (χ2n) is 7.98. The molecule has 0 aliphatic carbocycles.